The topological polar surface area (TPSA) is 44.8 Å². The minimum absolute atomic E-state index is 0.135. The molecule has 28 heavy (non-hydrogen) atoms. The lowest BCUT2D eigenvalue weighted by Crippen LogP contribution is -2.12. The van der Waals surface area contributed by atoms with Gasteiger partial charge in [0, 0.05) is 5.56 Å². The zero-order valence-electron chi connectivity index (χ0n) is 15.2. The van der Waals surface area contributed by atoms with Gasteiger partial charge in [-0.05, 0) is 35.9 Å². The van der Waals surface area contributed by atoms with E-state index in [0.29, 0.717) is 32.7 Å². The molecule has 0 atom stereocenters. The fraction of sp³-hybridized carbons (Fsp3) is 0.136. The van der Waals surface area contributed by atoms with Crippen LogP contribution in [-0.2, 0) is 18.0 Å². The van der Waals surface area contributed by atoms with Crippen molar-refractivity contribution < 1.29 is 19.0 Å². The summed E-state index contributed by atoms with van der Waals surface area (Å²) >= 11 is 12.3. The monoisotopic (exact) mass is 416 g/mol. The van der Waals surface area contributed by atoms with Crippen LogP contribution in [0.1, 0.15) is 21.5 Å². The number of hydrogen-bond acceptors (Lipinski definition) is 4. The first kappa shape index (κ1) is 20.1. The molecule has 0 aromatic heterocycles. The van der Waals surface area contributed by atoms with E-state index in [1.807, 2.05) is 30.3 Å². The van der Waals surface area contributed by atoms with Gasteiger partial charge in [0.25, 0.3) is 0 Å². The molecule has 0 heterocycles. The zero-order chi connectivity index (χ0) is 19.9. The fourth-order valence-corrected chi connectivity index (χ4v) is 3.05. The summed E-state index contributed by atoms with van der Waals surface area (Å²) < 4.78 is 16.6. The van der Waals surface area contributed by atoms with E-state index in [0.717, 1.165) is 5.56 Å². The summed E-state index contributed by atoms with van der Waals surface area (Å²) in [5.74, 6) is 0.643. The van der Waals surface area contributed by atoms with Crippen molar-refractivity contribution in [2.24, 2.45) is 0 Å². The van der Waals surface area contributed by atoms with Crippen molar-refractivity contribution >= 4 is 29.2 Å². The molecule has 0 amide bonds. The Balaban J connectivity index is 1.87. The zero-order valence-corrected chi connectivity index (χ0v) is 16.7. The maximum absolute atomic E-state index is 12.2. The molecule has 144 valence electrons. The van der Waals surface area contributed by atoms with E-state index in [4.69, 9.17) is 37.4 Å². The van der Waals surface area contributed by atoms with Gasteiger partial charge in [-0.3, -0.25) is 0 Å². The Bertz CT molecular complexity index is 972. The second-order valence-corrected chi connectivity index (χ2v) is 6.69. The Labute approximate surface area is 173 Å². The van der Waals surface area contributed by atoms with Crippen LogP contribution in [0, 0.1) is 0 Å². The van der Waals surface area contributed by atoms with Crippen LogP contribution in [0.5, 0.6) is 11.5 Å². The van der Waals surface area contributed by atoms with E-state index in [2.05, 4.69) is 0 Å². The van der Waals surface area contributed by atoms with Gasteiger partial charge in [0.15, 0.2) is 0 Å². The summed E-state index contributed by atoms with van der Waals surface area (Å²) in [4.78, 5) is 12.2. The third-order valence-electron chi connectivity index (χ3n) is 4.11. The molecule has 3 rings (SSSR count). The summed E-state index contributed by atoms with van der Waals surface area (Å²) in [6.45, 7) is 0.353. The molecule has 0 aliphatic carbocycles. The van der Waals surface area contributed by atoms with Crippen molar-refractivity contribution in [3.8, 4) is 11.5 Å². The second-order valence-electron chi connectivity index (χ2n) is 5.87. The van der Waals surface area contributed by atoms with Crippen LogP contribution >= 0.6 is 23.2 Å². The van der Waals surface area contributed by atoms with E-state index >= 15 is 0 Å². The first-order valence-corrected chi connectivity index (χ1v) is 9.29. The maximum Gasteiger partial charge on any atom is 0.338 e. The van der Waals surface area contributed by atoms with E-state index in [9.17, 15) is 4.79 Å². The van der Waals surface area contributed by atoms with Crippen molar-refractivity contribution in [1.82, 2.24) is 0 Å². The number of carbonyl (C=O) groups excluding carboxylic acids is 1. The minimum Gasteiger partial charge on any atom is -0.487 e. The molecule has 0 saturated heterocycles. The highest BCUT2D eigenvalue weighted by atomic mass is 35.5. The minimum atomic E-state index is -0.447. The van der Waals surface area contributed by atoms with Crippen molar-refractivity contribution in [2.45, 2.75) is 13.2 Å². The van der Waals surface area contributed by atoms with Crippen LogP contribution < -0.4 is 9.47 Å². The number of rotatable bonds is 7. The van der Waals surface area contributed by atoms with Crippen LogP contribution in [0.3, 0.4) is 0 Å². The first-order valence-electron chi connectivity index (χ1n) is 8.54. The highest BCUT2D eigenvalue weighted by Gasteiger charge is 2.17. The lowest BCUT2D eigenvalue weighted by Gasteiger charge is -2.16. The summed E-state index contributed by atoms with van der Waals surface area (Å²) in [5.41, 5.74) is 1.87. The van der Waals surface area contributed by atoms with Gasteiger partial charge in [0.2, 0.25) is 0 Å². The molecule has 0 unspecified atom stereocenters. The highest BCUT2D eigenvalue weighted by Crippen LogP contribution is 2.28. The van der Waals surface area contributed by atoms with Crippen LogP contribution in [-0.4, -0.2) is 13.1 Å². The molecule has 0 fully saturated rings. The largest absolute Gasteiger partial charge is 0.487 e. The number of ether oxygens (including phenoxy) is 3. The molecule has 0 spiro atoms. The number of para-hydroxylation sites is 2. The number of carbonyl (C=O) groups is 1. The molecule has 0 aliphatic rings. The average Bonchev–Trinajstić information content (AvgIpc) is 2.72. The van der Waals surface area contributed by atoms with Gasteiger partial charge in [-0.15, -0.1) is 0 Å². The van der Waals surface area contributed by atoms with Gasteiger partial charge >= 0.3 is 5.97 Å². The third-order valence-corrected chi connectivity index (χ3v) is 4.73. The van der Waals surface area contributed by atoms with E-state index in [1.165, 1.54) is 7.11 Å². The molecule has 0 bridgehead atoms. The van der Waals surface area contributed by atoms with Gasteiger partial charge in [0.1, 0.15) is 24.7 Å². The van der Waals surface area contributed by atoms with Crippen LogP contribution in [0.25, 0.3) is 0 Å². The summed E-state index contributed by atoms with van der Waals surface area (Å²) in [6.07, 6.45) is 0. The van der Waals surface area contributed by atoms with Gasteiger partial charge in [-0.1, -0.05) is 59.6 Å². The number of benzene rings is 3. The Kier molecular flexibility index (Phi) is 6.80. The maximum atomic E-state index is 12.2. The Morgan fingerprint density at radius 1 is 0.786 bits per heavy atom. The molecule has 4 nitrogen and oxygen atoms in total. The lowest BCUT2D eigenvalue weighted by atomic mass is 10.0. The van der Waals surface area contributed by atoms with E-state index < -0.39 is 5.97 Å². The van der Waals surface area contributed by atoms with E-state index in [1.54, 1.807) is 36.4 Å². The quantitative estimate of drug-likeness (QED) is 0.447. The lowest BCUT2D eigenvalue weighted by molar-refractivity contribution is 0.0597. The Morgan fingerprint density at radius 3 is 1.93 bits per heavy atom. The Morgan fingerprint density at radius 2 is 1.36 bits per heavy atom. The summed E-state index contributed by atoms with van der Waals surface area (Å²) in [7, 11) is 1.34. The van der Waals surface area contributed by atoms with E-state index in [-0.39, 0.29) is 13.2 Å². The normalized spacial score (nSPS) is 10.4. The number of hydrogen-bond donors (Lipinski definition) is 0. The number of halogens is 2. The predicted octanol–water partition coefficient (Wildman–Crippen LogP) is 5.94. The smallest absolute Gasteiger partial charge is 0.338 e. The van der Waals surface area contributed by atoms with Gasteiger partial charge in [-0.25, -0.2) is 4.79 Å². The summed E-state index contributed by atoms with van der Waals surface area (Å²) in [5, 5.41) is 1.01. The SMILES string of the molecule is COC(=O)c1cccc(COc2ccccc2Cl)c1COc1ccccc1Cl. The van der Waals surface area contributed by atoms with Crippen molar-refractivity contribution in [3.05, 3.63) is 93.5 Å². The van der Waals surface area contributed by atoms with Crippen LogP contribution in [0.2, 0.25) is 10.0 Å². The molecule has 0 saturated carbocycles. The van der Waals surface area contributed by atoms with Crippen molar-refractivity contribution in [1.29, 1.82) is 0 Å². The van der Waals surface area contributed by atoms with Gasteiger partial charge < -0.3 is 14.2 Å². The standard InChI is InChI=1S/C22H18Cl2O4/c1-26-22(25)16-8-6-7-15(13-27-20-11-4-2-9-18(20)23)17(16)14-28-21-12-5-3-10-19(21)24/h2-12H,13-14H2,1H3. The molecular formula is C22H18Cl2O4. The molecule has 0 N–H and O–H groups in total. The molecular weight excluding hydrogens is 399 g/mol. The third kappa shape index (κ3) is 4.77. The second kappa shape index (κ2) is 9.49. The Hall–Kier alpha value is -2.69. The van der Waals surface area contributed by atoms with Crippen LogP contribution in [0.15, 0.2) is 66.7 Å². The highest BCUT2D eigenvalue weighted by molar-refractivity contribution is 6.32. The molecule has 6 heteroatoms. The van der Waals surface area contributed by atoms with Crippen molar-refractivity contribution in [3.63, 3.8) is 0 Å². The van der Waals surface area contributed by atoms with Gasteiger partial charge in [-0.2, -0.15) is 0 Å². The molecule has 3 aromatic carbocycles. The predicted molar refractivity (Wildman–Crippen MR) is 109 cm³/mol. The average molecular weight is 417 g/mol. The molecule has 0 aliphatic heterocycles. The number of esters is 1. The van der Waals surface area contributed by atoms with Crippen molar-refractivity contribution in [2.75, 3.05) is 7.11 Å². The summed E-state index contributed by atoms with van der Waals surface area (Å²) in [6, 6.07) is 19.7. The first-order chi connectivity index (χ1) is 13.6. The number of methoxy groups -OCH3 is 1. The molecule has 0 radical (unpaired) electrons. The molecule has 3 aromatic rings. The van der Waals surface area contributed by atoms with Gasteiger partial charge in [0.05, 0.1) is 22.7 Å². The fourth-order valence-electron chi connectivity index (χ4n) is 2.67. The van der Waals surface area contributed by atoms with Crippen LogP contribution in [0.4, 0.5) is 0 Å².